The number of methoxy groups -OCH3 is 1. The quantitative estimate of drug-likeness (QED) is 0.204. The van der Waals surface area contributed by atoms with Gasteiger partial charge in [0.1, 0.15) is 0 Å². The molecule has 0 amide bonds. The zero-order valence-corrected chi connectivity index (χ0v) is 23.5. The van der Waals surface area contributed by atoms with E-state index < -0.39 is 57.1 Å². The number of alkyl halides is 17. The van der Waals surface area contributed by atoms with Gasteiger partial charge < -0.3 is 9.29 Å². The van der Waals surface area contributed by atoms with Crippen LogP contribution in [0.1, 0.15) is 0 Å². The zero-order chi connectivity index (χ0) is 35.0. The third-order valence-corrected chi connectivity index (χ3v) is 8.71. The molecule has 0 radical (unpaired) electrons. The summed E-state index contributed by atoms with van der Waals surface area (Å²) < 4.78 is 252. The molecule has 0 heterocycles. The topological polar surface area (TPSA) is 66.4 Å². The lowest BCUT2D eigenvalue weighted by Gasteiger charge is -2.42. The van der Waals surface area contributed by atoms with Gasteiger partial charge in [-0.15, -0.1) is 0 Å². The summed E-state index contributed by atoms with van der Waals surface area (Å²) in [5.74, 6) is -51.1. The lowest BCUT2D eigenvalue weighted by atomic mass is 9.91. The van der Waals surface area contributed by atoms with Gasteiger partial charge in [0.15, 0.2) is 19.4 Å². The Morgan fingerprint density at radius 1 is 0.568 bits per heavy atom. The lowest BCUT2D eigenvalue weighted by molar-refractivity contribution is -0.598. The minimum atomic E-state index is -8.92. The zero-order valence-electron chi connectivity index (χ0n) is 20.5. The van der Waals surface area contributed by atoms with E-state index in [0.717, 1.165) is 5.75 Å². The minimum absolute atomic E-state index is 0.124. The van der Waals surface area contributed by atoms with E-state index in [1.54, 1.807) is 7.11 Å². The summed E-state index contributed by atoms with van der Waals surface area (Å²) in [5.41, 5.74) is 0. The molecular formula is C21H12F17IO4S. The molecule has 44 heavy (non-hydrogen) atoms. The highest BCUT2D eigenvalue weighted by molar-refractivity contribution is 7.86. The molecule has 0 aliphatic carbocycles. The number of benzene rings is 2. The van der Waals surface area contributed by atoms with Crippen molar-refractivity contribution < 1.29 is 114 Å². The number of rotatable bonds is 10. The van der Waals surface area contributed by atoms with Gasteiger partial charge in [0.2, 0.25) is 3.57 Å². The Labute approximate surface area is 245 Å². The molecular weight excluding hydrogens is 798 g/mol. The van der Waals surface area contributed by atoms with Gasteiger partial charge in [-0.2, -0.15) is 74.6 Å². The Balaban J connectivity index is 0.000000532. The molecule has 2 rings (SSSR count). The van der Waals surface area contributed by atoms with Crippen molar-refractivity contribution in [1.82, 2.24) is 0 Å². The average molecular weight is 810 g/mol. The van der Waals surface area contributed by atoms with E-state index >= 15 is 0 Å². The second kappa shape index (κ2) is 12.5. The van der Waals surface area contributed by atoms with E-state index in [1.807, 2.05) is 12.1 Å². The fourth-order valence-corrected chi connectivity index (χ4v) is 5.53. The molecule has 0 unspecified atom stereocenters. The fourth-order valence-electron chi connectivity index (χ4n) is 2.59. The standard InChI is InChI=1S/C13H12IO.C8HF17O3S/c1-15-13-10-6-5-9-12(13)14-11-7-3-2-4-8-11;9-1(10,3(13,14)5(17,18)7(21,22)23)2(11,12)4(15,16)6(19,20)8(24,25)29(26,27)28/h2-10H,1H3;(H,26,27,28)/q+1;/p-1. The number of hydrogen-bond acceptors (Lipinski definition) is 4. The molecule has 0 atom stereocenters. The highest BCUT2D eigenvalue weighted by atomic mass is 127. The molecule has 0 spiro atoms. The van der Waals surface area contributed by atoms with Crippen molar-refractivity contribution in [1.29, 1.82) is 0 Å². The largest absolute Gasteiger partial charge is 0.743 e. The first kappa shape index (κ1) is 39.7. The molecule has 0 aromatic heterocycles. The van der Waals surface area contributed by atoms with Crippen LogP contribution in [0.5, 0.6) is 5.75 Å². The van der Waals surface area contributed by atoms with Crippen LogP contribution in [0, 0.1) is 7.14 Å². The van der Waals surface area contributed by atoms with Gasteiger partial charge in [-0.05, 0) is 24.3 Å². The Morgan fingerprint density at radius 2 is 0.932 bits per heavy atom. The van der Waals surface area contributed by atoms with Gasteiger partial charge in [-0.3, -0.25) is 0 Å². The van der Waals surface area contributed by atoms with E-state index in [-0.39, 0.29) is 21.2 Å². The molecule has 2 aromatic rings. The van der Waals surface area contributed by atoms with Gasteiger partial charge in [0.05, 0.1) is 7.11 Å². The van der Waals surface area contributed by atoms with Crippen molar-refractivity contribution in [3.05, 3.63) is 61.7 Å². The first-order valence-electron chi connectivity index (χ1n) is 10.4. The van der Waals surface area contributed by atoms with Crippen LogP contribution in [-0.4, -0.2) is 67.0 Å². The normalized spacial score (nSPS) is 14.5. The molecule has 0 saturated carbocycles. The summed E-state index contributed by atoms with van der Waals surface area (Å²) in [6.45, 7) is 0. The summed E-state index contributed by atoms with van der Waals surface area (Å²) in [6, 6.07) is 18.8. The van der Waals surface area contributed by atoms with Crippen LogP contribution in [0.25, 0.3) is 0 Å². The van der Waals surface area contributed by atoms with E-state index in [0.29, 0.717) is 0 Å². The predicted octanol–water partition coefficient (Wildman–Crippen LogP) is 4.32. The summed E-state index contributed by atoms with van der Waals surface area (Å²) in [7, 11) is -6.41. The molecule has 252 valence electrons. The van der Waals surface area contributed by atoms with Crippen molar-refractivity contribution in [3.8, 4) is 5.75 Å². The molecule has 0 bridgehead atoms. The van der Waals surface area contributed by atoms with Gasteiger partial charge in [0.25, 0.3) is 0 Å². The van der Waals surface area contributed by atoms with Crippen molar-refractivity contribution >= 4 is 10.1 Å². The van der Waals surface area contributed by atoms with Gasteiger partial charge in [-0.25, -0.2) is 8.42 Å². The van der Waals surface area contributed by atoms with Gasteiger partial charge in [-0.1, -0.05) is 30.3 Å². The van der Waals surface area contributed by atoms with E-state index in [1.165, 1.54) is 7.14 Å². The van der Waals surface area contributed by atoms with Crippen LogP contribution < -0.4 is 25.9 Å². The minimum Gasteiger partial charge on any atom is -0.743 e. The van der Waals surface area contributed by atoms with Crippen molar-refractivity contribution in [2.75, 3.05) is 7.11 Å². The van der Waals surface area contributed by atoms with Crippen molar-refractivity contribution in [2.45, 2.75) is 47.0 Å². The summed E-state index contributed by atoms with van der Waals surface area (Å²) >= 11 is -0.124. The number of halogens is 18. The predicted molar refractivity (Wildman–Crippen MR) is 107 cm³/mol. The number of para-hydroxylation sites is 1. The van der Waals surface area contributed by atoms with E-state index in [2.05, 4.69) is 42.5 Å². The lowest BCUT2D eigenvalue weighted by Crippen LogP contribution is -3.61. The highest BCUT2D eigenvalue weighted by Gasteiger charge is 2.95. The third kappa shape index (κ3) is 6.63. The van der Waals surface area contributed by atoms with Gasteiger partial charge >= 0.3 is 68.2 Å². The third-order valence-electron chi connectivity index (χ3n) is 5.01. The second-order valence-electron chi connectivity index (χ2n) is 7.94. The summed E-state index contributed by atoms with van der Waals surface area (Å²) in [4.78, 5) is 0. The maximum Gasteiger partial charge on any atom is 0.460 e. The van der Waals surface area contributed by atoms with E-state index in [9.17, 15) is 87.6 Å². The van der Waals surface area contributed by atoms with E-state index in [4.69, 9.17) is 4.74 Å². The first-order chi connectivity index (χ1) is 19.4. The first-order valence-corrected chi connectivity index (χ1v) is 14.0. The Morgan fingerprint density at radius 3 is 1.32 bits per heavy atom. The highest BCUT2D eigenvalue weighted by Crippen LogP contribution is 2.64. The summed E-state index contributed by atoms with van der Waals surface area (Å²) in [6.07, 6.45) is -7.89. The van der Waals surface area contributed by atoms with Crippen LogP contribution in [0.4, 0.5) is 74.6 Å². The molecule has 0 aliphatic heterocycles. The maximum absolute atomic E-state index is 13.0. The molecule has 2 aromatic carbocycles. The Hall–Kier alpha value is -2.31. The van der Waals surface area contributed by atoms with Crippen LogP contribution in [0.2, 0.25) is 0 Å². The van der Waals surface area contributed by atoms with Crippen LogP contribution >= 0.6 is 0 Å². The molecule has 0 aliphatic rings. The molecule has 0 saturated heterocycles. The molecule has 4 nitrogen and oxygen atoms in total. The molecule has 0 fully saturated rings. The van der Waals surface area contributed by atoms with Crippen LogP contribution in [-0.2, 0) is 10.1 Å². The number of ether oxygens (including phenoxy) is 1. The maximum atomic E-state index is 13.0. The van der Waals surface area contributed by atoms with Crippen molar-refractivity contribution in [2.24, 2.45) is 0 Å². The average Bonchev–Trinajstić information content (AvgIpc) is 2.88. The Kier molecular flexibility index (Phi) is 11.3. The SMILES string of the molecule is COc1ccccc1[I+]c1ccccc1.O=S(=O)([O-])C(F)(F)C(F)(F)C(F)(F)C(F)(F)C(F)(F)C(F)(F)C(F)(F)C(F)(F)F. The number of hydrogen-bond donors (Lipinski definition) is 0. The smallest absolute Gasteiger partial charge is 0.460 e. The van der Waals surface area contributed by atoms with Crippen LogP contribution in [0.15, 0.2) is 54.6 Å². The fraction of sp³-hybridized carbons (Fsp3) is 0.429. The Bertz CT molecular complexity index is 1380. The van der Waals surface area contributed by atoms with Crippen molar-refractivity contribution in [3.63, 3.8) is 0 Å². The van der Waals surface area contributed by atoms with Crippen LogP contribution in [0.3, 0.4) is 0 Å². The second-order valence-corrected chi connectivity index (χ2v) is 12.3. The monoisotopic (exact) mass is 810 g/mol. The van der Waals surface area contributed by atoms with Gasteiger partial charge in [0, 0.05) is 0 Å². The molecule has 23 heteroatoms. The summed E-state index contributed by atoms with van der Waals surface area (Å²) in [5, 5.41) is -7.95. The molecule has 0 N–H and O–H groups in total.